The molecule has 1 fully saturated rings. The van der Waals surface area contributed by atoms with Gasteiger partial charge < -0.3 is 4.90 Å². The third-order valence-corrected chi connectivity index (χ3v) is 7.34. The van der Waals surface area contributed by atoms with Crippen molar-refractivity contribution in [2.75, 3.05) is 25.1 Å². The van der Waals surface area contributed by atoms with Gasteiger partial charge in [-0.1, -0.05) is 26.0 Å². The number of hydroxylamine groups is 1. The number of anilines is 1. The van der Waals surface area contributed by atoms with Gasteiger partial charge in [0.05, 0.1) is 18.2 Å². The van der Waals surface area contributed by atoms with Crippen molar-refractivity contribution in [2.45, 2.75) is 51.0 Å². The molecule has 0 radical (unpaired) electrons. The number of piperazine rings is 1. The zero-order chi connectivity index (χ0) is 29.2. The van der Waals surface area contributed by atoms with Crippen molar-refractivity contribution in [2.24, 2.45) is 7.05 Å². The van der Waals surface area contributed by atoms with Crippen LogP contribution >= 0.6 is 0 Å². The number of fused-ring (bicyclic) bond motifs is 1. The Morgan fingerprint density at radius 1 is 1.12 bits per heavy atom. The molecule has 0 saturated carbocycles. The van der Waals surface area contributed by atoms with Gasteiger partial charge >= 0.3 is 11.9 Å². The second kappa shape index (κ2) is 11.6. The minimum Gasteiger partial charge on any atom is -0.349 e. The summed E-state index contributed by atoms with van der Waals surface area (Å²) in [5.41, 5.74) is 2.59. The number of rotatable bonds is 7. The summed E-state index contributed by atoms with van der Waals surface area (Å²) < 4.78 is 41.0. The highest BCUT2D eigenvalue weighted by atomic mass is 19.4. The fourth-order valence-electron chi connectivity index (χ4n) is 5.24. The maximum atomic E-state index is 13.2. The molecule has 1 unspecified atom stereocenters. The smallest absolute Gasteiger partial charge is 0.349 e. The Balaban J connectivity index is 1.78. The van der Waals surface area contributed by atoms with Crippen LogP contribution in [0.5, 0.6) is 0 Å². The van der Waals surface area contributed by atoms with E-state index in [-0.39, 0.29) is 17.8 Å². The van der Waals surface area contributed by atoms with Crippen LogP contribution in [0.15, 0.2) is 41.2 Å². The zero-order valence-electron chi connectivity index (χ0n) is 22.6. The molecule has 3 atom stereocenters. The lowest BCUT2D eigenvalue weighted by Crippen LogP contribution is -2.61. The van der Waals surface area contributed by atoms with E-state index in [1.165, 1.54) is 23.8 Å². The molecule has 1 N–H and O–H groups in total. The van der Waals surface area contributed by atoms with Gasteiger partial charge in [-0.2, -0.15) is 23.4 Å². The van der Waals surface area contributed by atoms with Crippen molar-refractivity contribution >= 4 is 22.8 Å². The molecule has 0 aliphatic carbocycles. The fourth-order valence-corrected chi connectivity index (χ4v) is 5.24. The maximum Gasteiger partial charge on any atom is 0.416 e. The summed E-state index contributed by atoms with van der Waals surface area (Å²) in [6.07, 6.45) is -3.31. The third-order valence-electron chi connectivity index (χ3n) is 7.34. The molecule has 1 aliphatic rings. The number of alkyl halides is 3. The van der Waals surface area contributed by atoms with E-state index in [1.807, 2.05) is 29.7 Å². The quantitative estimate of drug-likeness (QED) is 0.440. The second-order valence-electron chi connectivity index (χ2n) is 9.62. The van der Waals surface area contributed by atoms with Gasteiger partial charge in [0.15, 0.2) is 5.82 Å². The number of pyridine rings is 1. The Morgan fingerprint density at radius 3 is 2.38 bits per heavy atom. The minimum absolute atomic E-state index is 0.187. The molecule has 1 amide bonds. The van der Waals surface area contributed by atoms with E-state index < -0.39 is 29.4 Å². The number of carbonyl (C=O) groups is 1. The number of nitriles is 1. The van der Waals surface area contributed by atoms with Gasteiger partial charge in [-0.25, -0.2) is 15.3 Å². The summed E-state index contributed by atoms with van der Waals surface area (Å²) in [6, 6.07) is 8.37. The van der Waals surface area contributed by atoms with Crippen LogP contribution in [0.4, 0.5) is 19.0 Å². The predicted octanol–water partition coefficient (Wildman–Crippen LogP) is 3.32. The summed E-state index contributed by atoms with van der Waals surface area (Å²) in [5.74, 6) is -0.158. The van der Waals surface area contributed by atoms with E-state index >= 15 is 0 Å². The lowest BCUT2D eigenvalue weighted by atomic mass is 9.95. The number of halogens is 3. The number of aromatic nitrogens is 3. The number of nitrogens with one attached hydrogen (secondary N) is 1. The number of aryl methyl sites for hydroxylation is 1. The standard InChI is InChI=1S/C27H30F3N7O3/c1-5-19-15-37(24-22-21(35(3)26(39)33-24)12-11-18(13-31)32-22)20(6-2)14-36(19)23(25(38)34-40-4)16-7-9-17(10-8-16)27(28,29)30/h7-12,19-20,23H,5-6,14-15H2,1-4H3,(H,34,38)/t19-,20+,23?/m1/s1. The summed E-state index contributed by atoms with van der Waals surface area (Å²) in [6.45, 7) is 4.61. The number of carbonyl (C=O) groups excluding carboxylic acids is 1. The van der Waals surface area contributed by atoms with Crippen LogP contribution in [0.2, 0.25) is 0 Å². The normalized spacial score (nSPS) is 18.9. The molecule has 3 aromatic rings. The van der Waals surface area contributed by atoms with Crippen LogP contribution in [0, 0.1) is 11.3 Å². The van der Waals surface area contributed by atoms with Crippen LogP contribution in [0.3, 0.4) is 0 Å². The summed E-state index contributed by atoms with van der Waals surface area (Å²) in [7, 11) is 2.88. The van der Waals surface area contributed by atoms with Crippen molar-refractivity contribution in [1.82, 2.24) is 24.9 Å². The van der Waals surface area contributed by atoms with Crippen molar-refractivity contribution in [3.63, 3.8) is 0 Å². The lowest BCUT2D eigenvalue weighted by Gasteiger charge is -2.49. The highest BCUT2D eigenvalue weighted by Gasteiger charge is 2.41. The molecule has 4 rings (SSSR count). The zero-order valence-corrected chi connectivity index (χ0v) is 22.6. The van der Waals surface area contributed by atoms with Crippen LogP contribution in [-0.2, 0) is 22.9 Å². The van der Waals surface area contributed by atoms with E-state index in [2.05, 4.69) is 15.4 Å². The predicted molar refractivity (Wildman–Crippen MR) is 141 cm³/mol. The van der Waals surface area contributed by atoms with E-state index in [4.69, 9.17) is 4.84 Å². The molecule has 10 nitrogen and oxygen atoms in total. The Bertz CT molecular complexity index is 1480. The maximum absolute atomic E-state index is 13.2. The molecule has 1 aromatic carbocycles. The van der Waals surface area contributed by atoms with E-state index in [0.717, 1.165) is 12.1 Å². The highest BCUT2D eigenvalue weighted by molar-refractivity contribution is 5.86. The number of hydrogen-bond acceptors (Lipinski definition) is 8. The van der Waals surface area contributed by atoms with Crippen LogP contribution in [0.25, 0.3) is 11.0 Å². The van der Waals surface area contributed by atoms with Crippen molar-refractivity contribution in [1.29, 1.82) is 5.26 Å². The first-order chi connectivity index (χ1) is 19.0. The number of benzene rings is 1. The van der Waals surface area contributed by atoms with Crippen LogP contribution < -0.4 is 16.1 Å². The summed E-state index contributed by atoms with van der Waals surface area (Å²) >= 11 is 0. The first-order valence-corrected chi connectivity index (χ1v) is 12.8. The van der Waals surface area contributed by atoms with E-state index in [1.54, 1.807) is 19.2 Å². The topological polar surface area (TPSA) is 116 Å². The van der Waals surface area contributed by atoms with Crippen LogP contribution in [0.1, 0.15) is 49.6 Å². The molecular formula is C27H30F3N7O3. The van der Waals surface area contributed by atoms with Crippen molar-refractivity contribution in [3.8, 4) is 6.07 Å². The third kappa shape index (κ3) is 5.50. The molecular weight excluding hydrogens is 527 g/mol. The van der Waals surface area contributed by atoms with Gasteiger partial charge in [0, 0.05) is 32.2 Å². The summed E-state index contributed by atoms with van der Waals surface area (Å²) in [4.78, 5) is 43.7. The van der Waals surface area contributed by atoms with E-state index in [0.29, 0.717) is 48.3 Å². The Labute approximate surface area is 228 Å². The van der Waals surface area contributed by atoms with Crippen LogP contribution in [-0.4, -0.2) is 57.6 Å². The fraction of sp³-hybridized carbons (Fsp3) is 0.444. The van der Waals surface area contributed by atoms with Crippen molar-refractivity contribution < 1.29 is 22.8 Å². The average molecular weight is 558 g/mol. The SMILES string of the molecule is CC[C@H]1CN(C(C(=O)NOC)c2ccc(C(F)(F)F)cc2)[C@H](CC)CN1c1nc(=O)n(C)c2ccc(C#N)nc12. The molecule has 0 bridgehead atoms. The Hall–Kier alpha value is -4.02. The average Bonchev–Trinajstić information content (AvgIpc) is 2.94. The Kier molecular flexibility index (Phi) is 8.41. The molecule has 212 valence electrons. The van der Waals surface area contributed by atoms with Gasteiger partial charge in [0.25, 0.3) is 5.91 Å². The minimum atomic E-state index is -4.50. The van der Waals surface area contributed by atoms with Gasteiger partial charge in [-0.3, -0.25) is 19.1 Å². The molecule has 2 aromatic heterocycles. The highest BCUT2D eigenvalue weighted by Crippen LogP contribution is 2.35. The molecule has 40 heavy (non-hydrogen) atoms. The molecule has 1 saturated heterocycles. The number of hydrogen-bond donors (Lipinski definition) is 1. The first kappa shape index (κ1) is 29.0. The molecule has 0 spiro atoms. The van der Waals surface area contributed by atoms with Crippen molar-refractivity contribution in [3.05, 3.63) is 63.7 Å². The van der Waals surface area contributed by atoms with E-state index in [9.17, 15) is 28.0 Å². The van der Waals surface area contributed by atoms with Gasteiger partial charge in [0.2, 0.25) is 0 Å². The largest absolute Gasteiger partial charge is 0.416 e. The second-order valence-corrected chi connectivity index (χ2v) is 9.62. The number of amides is 1. The first-order valence-electron chi connectivity index (χ1n) is 12.8. The Morgan fingerprint density at radius 2 is 1.80 bits per heavy atom. The molecule has 1 aliphatic heterocycles. The molecule has 13 heteroatoms. The number of nitrogens with zero attached hydrogens (tertiary/aromatic N) is 6. The van der Waals surface area contributed by atoms with Gasteiger partial charge in [-0.15, -0.1) is 0 Å². The lowest BCUT2D eigenvalue weighted by molar-refractivity contribution is -0.139. The molecule has 3 heterocycles. The van der Waals surface area contributed by atoms with Gasteiger partial charge in [-0.05, 0) is 42.7 Å². The monoisotopic (exact) mass is 557 g/mol. The summed E-state index contributed by atoms with van der Waals surface area (Å²) in [5, 5.41) is 9.43. The van der Waals surface area contributed by atoms with Gasteiger partial charge in [0.1, 0.15) is 23.3 Å².